The lowest BCUT2D eigenvalue weighted by Crippen LogP contribution is -2.41. The van der Waals surface area contributed by atoms with Crippen molar-refractivity contribution in [1.29, 1.82) is 0 Å². The summed E-state index contributed by atoms with van der Waals surface area (Å²) in [6.07, 6.45) is 7.09. The maximum Gasteiger partial charge on any atom is 0.211 e. The second kappa shape index (κ2) is 14.8. The van der Waals surface area contributed by atoms with Crippen LogP contribution in [-0.2, 0) is 10.0 Å². The molecule has 0 spiro atoms. The molecule has 1 rings (SSSR count). The molecule has 162 valence electrons. The van der Waals surface area contributed by atoms with E-state index in [1.807, 2.05) is 6.92 Å². The molecule has 0 saturated carbocycles. The molecule has 0 aromatic heterocycles. The van der Waals surface area contributed by atoms with Crippen molar-refractivity contribution in [3.05, 3.63) is 0 Å². The first-order valence-corrected chi connectivity index (χ1v) is 11.9. The number of likely N-dealkylation sites (tertiary alicyclic amines) is 1. The Kier molecular flexibility index (Phi) is 14.7. The van der Waals surface area contributed by atoms with Gasteiger partial charge in [-0.2, -0.15) is 0 Å². The summed E-state index contributed by atoms with van der Waals surface area (Å²) < 4.78 is 24.7. The van der Waals surface area contributed by atoms with Gasteiger partial charge in [-0.25, -0.2) is 12.7 Å². The van der Waals surface area contributed by atoms with Gasteiger partial charge in [0.05, 0.1) is 6.26 Å². The summed E-state index contributed by atoms with van der Waals surface area (Å²) >= 11 is 0. The fourth-order valence-corrected chi connectivity index (χ4v) is 4.25. The molecule has 0 aliphatic carbocycles. The number of nitrogens with zero attached hydrogens (tertiary/aromatic N) is 3. The van der Waals surface area contributed by atoms with Gasteiger partial charge in [-0.3, -0.25) is 4.99 Å². The molecular formula is C18H40IN5O2S. The highest BCUT2D eigenvalue weighted by Crippen LogP contribution is 2.15. The number of hydrogen-bond donors (Lipinski definition) is 2. The Hall–Kier alpha value is -0.130. The van der Waals surface area contributed by atoms with Crippen molar-refractivity contribution < 1.29 is 8.42 Å². The van der Waals surface area contributed by atoms with Gasteiger partial charge >= 0.3 is 0 Å². The maximum absolute atomic E-state index is 11.6. The average molecular weight is 518 g/mol. The Bertz CT molecular complexity index is 516. The summed E-state index contributed by atoms with van der Waals surface area (Å²) in [7, 11) is -3.11. The Balaban J connectivity index is 0.00000676. The topological polar surface area (TPSA) is 77.0 Å². The second-order valence-electron chi connectivity index (χ2n) is 7.03. The lowest BCUT2D eigenvalue weighted by molar-refractivity contribution is 0.159. The lowest BCUT2D eigenvalue weighted by atomic mass is 10.0. The number of rotatable bonds is 11. The standard InChI is InChI=1S/C18H39N5O2S.HI/c1-5-19-18(21-13-10-16-23(6-2)26(4,24)25)20-12-9-15-22-14-8-7-11-17(22)3;/h17H,5-16H2,1-4H3,(H2,19,20,21);1H. The highest BCUT2D eigenvalue weighted by molar-refractivity contribution is 14.0. The summed E-state index contributed by atoms with van der Waals surface area (Å²) in [5.41, 5.74) is 0. The number of aliphatic imine (C=N–C) groups is 1. The van der Waals surface area contributed by atoms with Crippen LogP contribution in [0.4, 0.5) is 0 Å². The predicted octanol–water partition coefficient (Wildman–Crippen LogP) is 2.10. The van der Waals surface area contributed by atoms with Crippen LogP contribution >= 0.6 is 24.0 Å². The molecule has 1 aliphatic rings. The normalized spacial score (nSPS) is 19.0. The van der Waals surface area contributed by atoms with Gasteiger partial charge in [-0.15, -0.1) is 24.0 Å². The molecule has 1 aliphatic heterocycles. The molecular weight excluding hydrogens is 477 g/mol. The molecule has 0 amide bonds. The summed E-state index contributed by atoms with van der Waals surface area (Å²) in [5, 5.41) is 6.64. The Morgan fingerprint density at radius 3 is 2.56 bits per heavy atom. The van der Waals surface area contributed by atoms with Crippen molar-refractivity contribution in [2.24, 2.45) is 4.99 Å². The minimum atomic E-state index is -3.11. The van der Waals surface area contributed by atoms with Gasteiger partial charge in [-0.05, 0) is 46.1 Å². The fraction of sp³-hybridized carbons (Fsp3) is 0.944. The first-order valence-electron chi connectivity index (χ1n) is 10.1. The van der Waals surface area contributed by atoms with Crippen molar-refractivity contribution in [3.63, 3.8) is 0 Å². The zero-order valence-corrected chi connectivity index (χ0v) is 20.7. The third-order valence-corrected chi connectivity index (χ3v) is 6.24. The van der Waals surface area contributed by atoms with Gasteiger partial charge in [0.25, 0.3) is 0 Å². The van der Waals surface area contributed by atoms with Crippen LogP contribution in [0.3, 0.4) is 0 Å². The molecule has 0 aromatic carbocycles. The van der Waals surface area contributed by atoms with Crippen LogP contribution in [0.1, 0.15) is 52.9 Å². The quantitative estimate of drug-likeness (QED) is 0.190. The van der Waals surface area contributed by atoms with Crippen molar-refractivity contribution in [2.45, 2.75) is 58.9 Å². The molecule has 1 fully saturated rings. The van der Waals surface area contributed by atoms with E-state index in [9.17, 15) is 8.42 Å². The summed E-state index contributed by atoms with van der Waals surface area (Å²) in [5.74, 6) is 0.821. The number of guanidine groups is 1. The van der Waals surface area contributed by atoms with E-state index in [-0.39, 0.29) is 24.0 Å². The zero-order chi connectivity index (χ0) is 19.4. The molecule has 7 nitrogen and oxygen atoms in total. The highest BCUT2D eigenvalue weighted by Gasteiger charge is 2.17. The van der Waals surface area contributed by atoms with E-state index in [0.717, 1.165) is 38.4 Å². The number of hydrogen-bond acceptors (Lipinski definition) is 4. The van der Waals surface area contributed by atoms with Gasteiger partial charge in [-0.1, -0.05) is 13.3 Å². The van der Waals surface area contributed by atoms with Gasteiger partial charge in [0, 0.05) is 45.3 Å². The predicted molar refractivity (Wildman–Crippen MR) is 126 cm³/mol. The number of sulfonamides is 1. The number of halogens is 1. The third-order valence-electron chi connectivity index (χ3n) is 4.86. The molecule has 1 heterocycles. The van der Waals surface area contributed by atoms with Crippen LogP contribution in [0, 0.1) is 0 Å². The van der Waals surface area contributed by atoms with Crippen molar-refractivity contribution in [3.8, 4) is 0 Å². The summed E-state index contributed by atoms with van der Waals surface area (Å²) in [4.78, 5) is 7.14. The van der Waals surface area contributed by atoms with Crippen LogP contribution in [0.25, 0.3) is 0 Å². The van der Waals surface area contributed by atoms with Crippen molar-refractivity contribution in [1.82, 2.24) is 19.8 Å². The SMILES string of the molecule is CCNC(=NCCCN(CC)S(C)(=O)=O)NCCCN1CCCCC1C.I. The minimum absolute atomic E-state index is 0. The van der Waals surface area contributed by atoms with E-state index < -0.39 is 10.0 Å². The van der Waals surface area contributed by atoms with Gasteiger partial charge in [0.2, 0.25) is 10.0 Å². The lowest BCUT2D eigenvalue weighted by Gasteiger charge is -2.33. The Morgan fingerprint density at radius 2 is 1.96 bits per heavy atom. The van der Waals surface area contributed by atoms with Crippen LogP contribution in [0.2, 0.25) is 0 Å². The number of piperidine rings is 1. The van der Waals surface area contributed by atoms with E-state index in [1.165, 1.54) is 36.4 Å². The van der Waals surface area contributed by atoms with Crippen molar-refractivity contribution >= 4 is 40.0 Å². The third kappa shape index (κ3) is 11.5. The molecule has 0 bridgehead atoms. The maximum atomic E-state index is 11.6. The molecule has 0 aromatic rings. The smallest absolute Gasteiger partial charge is 0.211 e. The molecule has 1 atom stereocenters. The average Bonchev–Trinajstić information content (AvgIpc) is 2.58. The summed E-state index contributed by atoms with van der Waals surface area (Å²) in [6.45, 7) is 12.0. The van der Waals surface area contributed by atoms with Crippen LogP contribution in [0.5, 0.6) is 0 Å². The molecule has 9 heteroatoms. The molecule has 1 saturated heterocycles. The first kappa shape index (κ1) is 26.9. The van der Waals surface area contributed by atoms with E-state index in [0.29, 0.717) is 25.7 Å². The van der Waals surface area contributed by atoms with Gasteiger partial charge in [0.1, 0.15) is 0 Å². The van der Waals surface area contributed by atoms with E-state index in [2.05, 4.69) is 34.4 Å². The van der Waals surface area contributed by atoms with Crippen molar-refractivity contribution in [2.75, 3.05) is 52.1 Å². The van der Waals surface area contributed by atoms with Gasteiger partial charge in [0.15, 0.2) is 5.96 Å². The summed E-state index contributed by atoms with van der Waals surface area (Å²) in [6, 6.07) is 0.710. The van der Waals surface area contributed by atoms with E-state index in [4.69, 9.17) is 0 Å². The molecule has 1 unspecified atom stereocenters. The largest absolute Gasteiger partial charge is 0.357 e. The number of nitrogens with one attached hydrogen (secondary N) is 2. The molecule has 27 heavy (non-hydrogen) atoms. The fourth-order valence-electron chi connectivity index (χ4n) is 3.32. The van der Waals surface area contributed by atoms with Crippen LogP contribution in [0.15, 0.2) is 4.99 Å². The first-order chi connectivity index (χ1) is 12.4. The minimum Gasteiger partial charge on any atom is -0.357 e. The van der Waals surface area contributed by atoms with Gasteiger partial charge < -0.3 is 15.5 Å². The monoisotopic (exact) mass is 517 g/mol. The molecule has 2 N–H and O–H groups in total. The Morgan fingerprint density at radius 1 is 1.22 bits per heavy atom. The Labute approximate surface area is 183 Å². The van der Waals surface area contributed by atoms with Crippen LogP contribution < -0.4 is 10.6 Å². The van der Waals surface area contributed by atoms with E-state index >= 15 is 0 Å². The van der Waals surface area contributed by atoms with E-state index in [1.54, 1.807) is 0 Å². The van der Waals surface area contributed by atoms with Crippen LogP contribution in [-0.4, -0.2) is 81.7 Å². The molecule has 0 radical (unpaired) electrons. The zero-order valence-electron chi connectivity index (χ0n) is 17.5. The second-order valence-corrected chi connectivity index (χ2v) is 9.01. The highest BCUT2D eigenvalue weighted by atomic mass is 127.